The summed E-state index contributed by atoms with van der Waals surface area (Å²) in [4.78, 5) is 11.1. The molecule has 3 heteroatoms. The van der Waals surface area contributed by atoms with Crippen LogP contribution in [0.15, 0.2) is 36.1 Å². The number of hydrogen-bond donors (Lipinski definition) is 1. The first kappa shape index (κ1) is 9.74. The van der Waals surface area contributed by atoms with Gasteiger partial charge in [0.15, 0.2) is 5.76 Å². The molecule has 0 aliphatic heterocycles. The number of methoxy groups -OCH3 is 1. The average molecular weight is 180 g/mol. The quantitative estimate of drug-likeness (QED) is 0.654. The molecule has 0 aromatic heterocycles. The van der Waals surface area contributed by atoms with Crippen molar-refractivity contribution < 1.29 is 14.6 Å². The fourth-order valence-corrected chi connectivity index (χ4v) is 1.10. The van der Waals surface area contributed by atoms with Gasteiger partial charge in [-0.05, 0) is 12.2 Å². The van der Waals surface area contributed by atoms with Gasteiger partial charge in [-0.25, -0.2) is 0 Å². The van der Waals surface area contributed by atoms with Crippen LogP contribution in [0.1, 0.15) is 0 Å². The third-order valence-corrected chi connectivity index (χ3v) is 1.74. The Labute approximate surface area is 77.0 Å². The van der Waals surface area contributed by atoms with Gasteiger partial charge in [0.05, 0.1) is 13.7 Å². The maximum Gasteiger partial charge on any atom is 0.219 e. The predicted octanol–water partition coefficient (Wildman–Crippen LogP) is 0.820. The standard InChI is InChI=1S/C10H12O3/c1-13-10-7-8(3-2-6-11)4-5-9(10)12/h2-5,7-8,11H,6H2,1H3/b3-2+. The molecule has 1 atom stereocenters. The van der Waals surface area contributed by atoms with Gasteiger partial charge in [-0.15, -0.1) is 0 Å². The molecule has 0 amide bonds. The number of carbonyl (C=O) groups is 1. The highest BCUT2D eigenvalue weighted by molar-refractivity contribution is 6.03. The van der Waals surface area contributed by atoms with Crippen molar-refractivity contribution in [3.8, 4) is 0 Å². The van der Waals surface area contributed by atoms with E-state index in [4.69, 9.17) is 9.84 Å². The van der Waals surface area contributed by atoms with E-state index in [0.29, 0.717) is 5.76 Å². The van der Waals surface area contributed by atoms with E-state index in [1.807, 2.05) is 6.08 Å². The first-order chi connectivity index (χ1) is 6.27. The molecule has 0 heterocycles. The lowest BCUT2D eigenvalue weighted by Crippen LogP contribution is -2.08. The molecule has 0 aromatic carbocycles. The largest absolute Gasteiger partial charge is 0.493 e. The lowest BCUT2D eigenvalue weighted by molar-refractivity contribution is -0.114. The lowest BCUT2D eigenvalue weighted by atomic mass is 10.0. The van der Waals surface area contributed by atoms with Crippen molar-refractivity contribution in [3.05, 3.63) is 36.1 Å². The van der Waals surface area contributed by atoms with E-state index in [9.17, 15) is 4.79 Å². The first-order valence-electron chi connectivity index (χ1n) is 4.03. The Kier molecular flexibility index (Phi) is 3.46. The van der Waals surface area contributed by atoms with Crippen molar-refractivity contribution in [2.75, 3.05) is 13.7 Å². The zero-order chi connectivity index (χ0) is 9.68. The topological polar surface area (TPSA) is 46.5 Å². The summed E-state index contributed by atoms with van der Waals surface area (Å²) < 4.78 is 4.88. The van der Waals surface area contributed by atoms with Crippen molar-refractivity contribution in [2.45, 2.75) is 0 Å². The average Bonchev–Trinajstić information content (AvgIpc) is 2.16. The molecule has 1 N–H and O–H groups in total. The predicted molar refractivity (Wildman–Crippen MR) is 49.0 cm³/mol. The van der Waals surface area contributed by atoms with Crippen molar-refractivity contribution in [1.82, 2.24) is 0 Å². The van der Waals surface area contributed by atoms with Crippen LogP contribution in [0.25, 0.3) is 0 Å². The van der Waals surface area contributed by atoms with E-state index in [-0.39, 0.29) is 18.3 Å². The minimum atomic E-state index is -0.115. The van der Waals surface area contributed by atoms with Crippen molar-refractivity contribution in [2.24, 2.45) is 5.92 Å². The molecular weight excluding hydrogens is 168 g/mol. The first-order valence-corrected chi connectivity index (χ1v) is 4.03. The Morgan fingerprint density at radius 3 is 3.08 bits per heavy atom. The van der Waals surface area contributed by atoms with Crippen LogP contribution in [0.5, 0.6) is 0 Å². The summed E-state index contributed by atoms with van der Waals surface area (Å²) in [5.41, 5.74) is 0. The maximum absolute atomic E-state index is 11.1. The van der Waals surface area contributed by atoms with Gasteiger partial charge in [0.2, 0.25) is 5.78 Å². The molecule has 1 unspecified atom stereocenters. The van der Waals surface area contributed by atoms with E-state index in [2.05, 4.69) is 0 Å². The van der Waals surface area contributed by atoms with Gasteiger partial charge < -0.3 is 9.84 Å². The summed E-state index contributed by atoms with van der Waals surface area (Å²) in [7, 11) is 1.47. The smallest absolute Gasteiger partial charge is 0.219 e. The van der Waals surface area contributed by atoms with Gasteiger partial charge in [-0.3, -0.25) is 4.79 Å². The molecule has 0 saturated heterocycles. The maximum atomic E-state index is 11.1. The van der Waals surface area contributed by atoms with E-state index in [0.717, 1.165) is 0 Å². The minimum Gasteiger partial charge on any atom is -0.493 e. The second-order valence-electron chi connectivity index (χ2n) is 2.65. The SMILES string of the molecule is COC1=CC(/C=C/CO)C=CC1=O. The normalized spacial score (nSPS) is 22.2. The lowest BCUT2D eigenvalue weighted by Gasteiger charge is -2.10. The van der Waals surface area contributed by atoms with Crippen LogP contribution in [0.3, 0.4) is 0 Å². The summed E-state index contributed by atoms with van der Waals surface area (Å²) in [6, 6.07) is 0. The van der Waals surface area contributed by atoms with Crippen LogP contribution in [0.4, 0.5) is 0 Å². The molecule has 1 rings (SSSR count). The fourth-order valence-electron chi connectivity index (χ4n) is 1.10. The van der Waals surface area contributed by atoms with Crippen molar-refractivity contribution in [1.29, 1.82) is 0 Å². The highest BCUT2D eigenvalue weighted by atomic mass is 16.5. The molecule has 0 fully saturated rings. The fraction of sp³-hybridized carbons (Fsp3) is 0.300. The highest BCUT2D eigenvalue weighted by Gasteiger charge is 2.13. The molecule has 13 heavy (non-hydrogen) atoms. The van der Waals surface area contributed by atoms with Gasteiger partial charge >= 0.3 is 0 Å². The molecule has 0 aromatic rings. The molecular formula is C10H12O3. The van der Waals surface area contributed by atoms with Crippen molar-refractivity contribution >= 4 is 5.78 Å². The Hall–Kier alpha value is -1.35. The van der Waals surface area contributed by atoms with Gasteiger partial charge in [0.1, 0.15) is 0 Å². The third kappa shape index (κ3) is 2.56. The zero-order valence-corrected chi connectivity index (χ0v) is 7.43. The molecule has 0 spiro atoms. The molecule has 0 bridgehead atoms. The third-order valence-electron chi connectivity index (χ3n) is 1.74. The summed E-state index contributed by atoms with van der Waals surface area (Å²) in [5, 5.41) is 8.54. The minimum absolute atomic E-state index is 0.00837. The van der Waals surface area contributed by atoms with E-state index < -0.39 is 0 Å². The molecule has 1 aliphatic rings. The van der Waals surface area contributed by atoms with Crippen molar-refractivity contribution in [3.63, 3.8) is 0 Å². The molecule has 0 radical (unpaired) electrons. The Bertz CT molecular complexity index is 274. The van der Waals surface area contributed by atoms with Crippen LogP contribution in [-0.4, -0.2) is 24.6 Å². The van der Waals surface area contributed by atoms with Crippen LogP contribution in [-0.2, 0) is 9.53 Å². The van der Waals surface area contributed by atoms with Crippen LogP contribution in [0, 0.1) is 5.92 Å². The number of aliphatic hydroxyl groups is 1. The zero-order valence-electron chi connectivity index (χ0n) is 7.43. The second-order valence-corrected chi connectivity index (χ2v) is 2.65. The molecule has 1 aliphatic carbocycles. The Morgan fingerprint density at radius 1 is 1.69 bits per heavy atom. The number of ether oxygens (including phenoxy) is 1. The number of aliphatic hydroxyl groups excluding tert-OH is 1. The number of hydrogen-bond acceptors (Lipinski definition) is 3. The van der Waals surface area contributed by atoms with Gasteiger partial charge in [-0.2, -0.15) is 0 Å². The summed E-state index contributed by atoms with van der Waals surface area (Å²) in [6.07, 6.45) is 8.40. The molecule has 3 nitrogen and oxygen atoms in total. The van der Waals surface area contributed by atoms with Crippen LogP contribution >= 0.6 is 0 Å². The van der Waals surface area contributed by atoms with E-state index in [1.54, 1.807) is 18.2 Å². The van der Waals surface area contributed by atoms with Crippen LogP contribution < -0.4 is 0 Å². The Morgan fingerprint density at radius 2 is 2.46 bits per heavy atom. The van der Waals surface area contributed by atoms with Gasteiger partial charge in [0, 0.05) is 5.92 Å². The van der Waals surface area contributed by atoms with Gasteiger partial charge in [-0.1, -0.05) is 18.2 Å². The van der Waals surface area contributed by atoms with Gasteiger partial charge in [0.25, 0.3) is 0 Å². The number of carbonyl (C=O) groups excluding carboxylic acids is 1. The Balaban J connectivity index is 2.70. The second kappa shape index (κ2) is 4.62. The number of ketones is 1. The summed E-state index contributed by atoms with van der Waals surface area (Å²) >= 11 is 0. The molecule has 70 valence electrons. The molecule has 0 saturated carbocycles. The van der Waals surface area contributed by atoms with E-state index in [1.165, 1.54) is 13.2 Å². The van der Waals surface area contributed by atoms with E-state index >= 15 is 0 Å². The highest BCUT2D eigenvalue weighted by Crippen LogP contribution is 2.15. The summed E-state index contributed by atoms with van der Waals surface area (Å²) in [6.45, 7) is 0.00837. The number of rotatable bonds is 3. The number of allylic oxidation sites excluding steroid dienone is 4. The monoisotopic (exact) mass is 180 g/mol. The van der Waals surface area contributed by atoms with Crippen LogP contribution in [0.2, 0.25) is 0 Å². The summed E-state index contributed by atoms with van der Waals surface area (Å²) in [5.74, 6) is 0.283.